The molecule has 0 N–H and O–H groups in total. The Hall–Kier alpha value is -2.10. The number of methoxy groups -OCH3 is 1. The van der Waals surface area contributed by atoms with Crippen LogP contribution in [0.5, 0.6) is 11.5 Å². The van der Waals surface area contributed by atoms with Crippen LogP contribution < -0.4 is 9.47 Å². The molecule has 4 nitrogen and oxygen atoms in total. The molecule has 0 saturated heterocycles. The molecule has 1 unspecified atom stereocenters. The minimum atomic E-state index is -0.575. The van der Waals surface area contributed by atoms with Crippen molar-refractivity contribution in [3.05, 3.63) is 35.4 Å². The summed E-state index contributed by atoms with van der Waals surface area (Å²) in [6.07, 6.45) is 6.70. The summed E-state index contributed by atoms with van der Waals surface area (Å²) in [5, 5.41) is 0. The molecule has 1 aliphatic heterocycles. The van der Waals surface area contributed by atoms with Crippen LogP contribution in [0.4, 0.5) is 0 Å². The minimum Gasteiger partial charge on any atom is -0.495 e. The van der Waals surface area contributed by atoms with Crippen LogP contribution >= 0.6 is 0 Å². The molecule has 1 atom stereocenters. The average Bonchev–Trinajstić information content (AvgIpc) is 2.98. The van der Waals surface area contributed by atoms with Gasteiger partial charge in [-0.25, -0.2) is 0 Å². The number of rotatable bonds is 3. The standard InChI is InChI=1S/C18H20O4/c1-18(2)15(11-6-4-5-7-11)16(20)14-13(22-18)9-8-12(10-19)17(14)21-3/h4-5,8-11,15H,6-7H2,1-3H3. The molecule has 0 saturated carbocycles. The monoisotopic (exact) mass is 300 g/mol. The highest BCUT2D eigenvalue weighted by Gasteiger charge is 2.48. The highest BCUT2D eigenvalue weighted by molar-refractivity contribution is 6.06. The summed E-state index contributed by atoms with van der Waals surface area (Å²) in [5.41, 5.74) is 0.207. The molecule has 1 aromatic carbocycles. The lowest BCUT2D eigenvalue weighted by Crippen LogP contribution is -2.49. The van der Waals surface area contributed by atoms with Crippen molar-refractivity contribution in [3.63, 3.8) is 0 Å². The van der Waals surface area contributed by atoms with Gasteiger partial charge in [0, 0.05) is 0 Å². The first-order valence-corrected chi connectivity index (χ1v) is 7.54. The Bertz CT molecular complexity index is 649. The third-order valence-electron chi connectivity index (χ3n) is 4.65. The van der Waals surface area contributed by atoms with Crippen molar-refractivity contribution in [1.82, 2.24) is 0 Å². The van der Waals surface area contributed by atoms with Crippen LogP contribution in [0.3, 0.4) is 0 Å². The third kappa shape index (κ3) is 2.14. The Morgan fingerprint density at radius 2 is 1.95 bits per heavy atom. The van der Waals surface area contributed by atoms with Gasteiger partial charge in [-0.05, 0) is 44.7 Å². The zero-order chi connectivity index (χ0) is 15.9. The molecule has 0 fully saturated rings. The summed E-state index contributed by atoms with van der Waals surface area (Å²) >= 11 is 0. The Morgan fingerprint density at radius 3 is 2.55 bits per heavy atom. The van der Waals surface area contributed by atoms with Gasteiger partial charge >= 0.3 is 0 Å². The van der Waals surface area contributed by atoms with Crippen LogP contribution in [-0.4, -0.2) is 24.8 Å². The molecule has 0 spiro atoms. The molecular weight excluding hydrogens is 280 g/mol. The predicted octanol–water partition coefficient (Wildman–Crippen LogP) is 3.44. The van der Waals surface area contributed by atoms with E-state index in [4.69, 9.17) is 9.47 Å². The normalized spacial score (nSPS) is 23.0. The number of carbonyl (C=O) groups excluding carboxylic acids is 2. The fourth-order valence-electron chi connectivity index (χ4n) is 3.72. The molecule has 116 valence electrons. The Balaban J connectivity index is 2.13. The number of fused-ring (bicyclic) bond motifs is 1. The van der Waals surface area contributed by atoms with Gasteiger partial charge in [0.15, 0.2) is 12.1 Å². The number of hydrogen-bond acceptors (Lipinski definition) is 4. The summed E-state index contributed by atoms with van der Waals surface area (Å²) in [6.45, 7) is 3.91. The van der Waals surface area contributed by atoms with Crippen LogP contribution in [0.1, 0.15) is 47.4 Å². The van der Waals surface area contributed by atoms with Crippen molar-refractivity contribution in [2.75, 3.05) is 7.11 Å². The Labute approximate surface area is 130 Å². The van der Waals surface area contributed by atoms with Crippen LogP contribution in [0, 0.1) is 11.8 Å². The number of allylic oxidation sites excluding steroid dienone is 2. The van der Waals surface area contributed by atoms with Gasteiger partial charge in [-0.1, -0.05) is 12.2 Å². The molecule has 0 aromatic heterocycles. The van der Waals surface area contributed by atoms with Gasteiger partial charge in [-0.2, -0.15) is 0 Å². The molecule has 22 heavy (non-hydrogen) atoms. The topological polar surface area (TPSA) is 52.6 Å². The molecule has 0 bridgehead atoms. The number of hydrogen-bond donors (Lipinski definition) is 0. The van der Waals surface area contributed by atoms with Crippen molar-refractivity contribution in [2.45, 2.75) is 32.3 Å². The quantitative estimate of drug-likeness (QED) is 0.634. The molecule has 4 heteroatoms. The van der Waals surface area contributed by atoms with Crippen LogP contribution in [0.25, 0.3) is 0 Å². The number of aldehydes is 1. The molecule has 1 heterocycles. The number of ether oxygens (including phenoxy) is 2. The largest absolute Gasteiger partial charge is 0.495 e. The van der Waals surface area contributed by atoms with Gasteiger partial charge < -0.3 is 9.47 Å². The van der Waals surface area contributed by atoms with Crippen LogP contribution in [0.15, 0.2) is 24.3 Å². The molecule has 1 aromatic rings. The highest BCUT2D eigenvalue weighted by Crippen LogP contribution is 2.47. The molecule has 0 radical (unpaired) electrons. The fraction of sp³-hybridized carbons (Fsp3) is 0.444. The third-order valence-corrected chi connectivity index (χ3v) is 4.65. The maximum Gasteiger partial charge on any atom is 0.177 e. The molecule has 0 amide bonds. The van der Waals surface area contributed by atoms with E-state index in [1.54, 1.807) is 12.1 Å². The lowest BCUT2D eigenvalue weighted by Gasteiger charge is -2.42. The second-order valence-corrected chi connectivity index (χ2v) is 6.43. The zero-order valence-corrected chi connectivity index (χ0v) is 13.1. The first-order chi connectivity index (χ1) is 10.5. The predicted molar refractivity (Wildman–Crippen MR) is 82.8 cm³/mol. The molecule has 3 rings (SSSR count). The van der Waals surface area contributed by atoms with Crippen LogP contribution in [-0.2, 0) is 0 Å². The summed E-state index contributed by atoms with van der Waals surface area (Å²) in [6, 6.07) is 3.32. The second kappa shape index (κ2) is 5.27. The number of benzene rings is 1. The van der Waals surface area contributed by atoms with Crippen molar-refractivity contribution >= 4 is 12.1 Å². The fourth-order valence-corrected chi connectivity index (χ4v) is 3.72. The smallest absolute Gasteiger partial charge is 0.177 e. The zero-order valence-electron chi connectivity index (χ0n) is 13.1. The Kier molecular flexibility index (Phi) is 3.55. The van der Waals surface area contributed by atoms with Gasteiger partial charge in [-0.15, -0.1) is 0 Å². The van der Waals surface area contributed by atoms with E-state index in [9.17, 15) is 9.59 Å². The highest BCUT2D eigenvalue weighted by atomic mass is 16.5. The van der Waals surface area contributed by atoms with Gasteiger partial charge in [0.05, 0.1) is 18.6 Å². The van der Waals surface area contributed by atoms with E-state index in [0.717, 1.165) is 12.8 Å². The van der Waals surface area contributed by atoms with Gasteiger partial charge in [0.1, 0.15) is 22.7 Å². The molecule has 2 aliphatic rings. The van der Waals surface area contributed by atoms with E-state index in [1.807, 2.05) is 13.8 Å². The average molecular weight is 300 g/mol. The second-order valence-electron chi connectivity index (χ2n) is 6.43. The van der Waals surface area contributed by atoms with Gasteiger partial charge in [0.25, 0.3) is 0 Å². The lowest BCUT2D eigenvalue weighted by molar-refractivity contribution is 0.00704. The van der Waals surface area contributed by atoms with Gasteiger partial charge in [0.2, 0.25) is 0 Å². The number of ketones is 1. The first-order valence-electron chi connectivity index (χ1n) is 7.54. The SMILES string of the molecule is COc1c(C=O)ccc2c1C(=O)C(C1CC=CC1)C(C)(C)O2. The maximum absolute atomic E-state index is 13.2. The molecular formula is C18H20O4. The van der Waals surface area contributed by atoms with Crippen molar-refractivity contribution in [3.8, 4) is 11.5 Å². The van der Waals surface area contributed by atoms with Crippen molar-refractivity contribution in [1.29, 1.82) is 0 Å². The van der Waals surface area contributed by atoms with E-state index in [1.165, 1.54) is 7.11 Å². The summed E-state index contributed by atoms with van der Waals surface area (Å²) in [4.78, 5) is 24.4. The lowest BCUT2D eigenvalue weighted by atomic mass is 9.72. The summed E-state index contributed by atoms with van der Waals surface area (Å²) in [7, 11) is 1.47. The molecule has 1 aliphatic carbocycles. The van der Waals surface area contributed by atoms with E-state index in [2.05, 4.69) is 12.2 Å². The number of Topliss-reactive ketones (excluding diaryl/α,β-unsaturated/α-hetero) is 1. The van der Waals surface area contributed by atoms with Crippen molar-refractivity contribution in [2.24, 2.45) is 11.8 Å². The van der Waals surface area contributed by atoms with Gasteiger partial charge in [-0.3, -0.25) is 9.59 Å². The van der Waals surface area contributed by atoms with Crippen LogP contribution in [0.2, 0.25) is 0 Å². The van der Waals surface area contributed by atoms with E-state index in [0.29, 0.717) is 28.9 Å². The van der Waals surface area contributed by atoms with E-state index in [-0.39, 0.29) is 17.6 Å². The first kappa shape index (κ1) is 14.8. The van der Waals surface area contributed by atoms with E-state index < -0.39 is 5.60 Å². The van der Waals surface area contributed by atoms with Crippen molar-refractivity contribution < 1.29 is 19.1 Å². The summed E-state index contributed by atoms with van der Waals surface area (Å²) in [5.74, 6) is 0.829. The summed E-state index contributed by atoms with van der Waals surface area (Å²) < 4.78 is 11.4. The maximum atomic E-state index is 13.2. The Morgan fingerprint density at radius 1 is 1.27 bits per heavy atom. The minimum absolute atomic E-state index is 0.0144. The number of carbonyl (C=O) groups is 2. The van der Waals surface area contributed by atoms with E-state index >= 15 is 0 Å².